The van der Waals surface area contributed by atoms with Gasteiger partial charge in [-0.15, -0.1) is 6.58 Å². The number of aliphatic hydroxyl groups is 1. The monoisotopic (exact) mass is 398 g/mol. The van der Waals surface area contributed by atoms with E-state index in [0.29, 0.717) is 6.42 Å². The topological polar surface area (TPSA) is 61.4 Å². The van der Waals surface area contributed by atoms with Crippen LogP contribution in [0.25, 0.3) is 0 Å². The number of amides is 1. The Morgan fingerprint density at radius 1 is 0.967 bits per heavy atom. The zero-order valence-electron chi connectivity index (χ0n) is 16.8. The van der Waals surface area contributed by atoms with E-state index in [-0.39, 0.29) is 24.5 Å². The lowest BCUT2D eigenvalue weighted by Gasteiger charge is -2.38. The lowest BCUT2D eigenvalue weighted by Crippen LogP contribution is -2.57. The largest absolute Gasteiger partial charge is 0.395 e. The third-order valence-corrected chi connectivity index (χ3v) is 5.80. The van der Waals surface area contributed by atoms with E-state index in [2.05, 4.69) is 17.2 Å². The summed E-state index contributed by atoms with van der Waals surface area (Å²) in [6, 6.07) is 27.3. The van der Waals surface area contributed by atoms with Crippen LogP contribution in [0.5, 0.6) is 0 Å². The Kier molecular flexibility index (Phi) is 5.79. The van der Waals surface area contributed by atoms with Gasteiger partial charge in [0.2, 0.25) is 5.91 Å². The number of carbonyl (C=O) groups is 1. The van der Waals surface area contributed by atoms with Gasteiger partial charge in [-0.1, -0.05) is 84.9 Å². The van der Waals surface area contributed by atoms with Gasteiger partial charge in [-0.05, 0) is 23.6 Å². The van der Waals surface area contributed by atoms with Crippen LogP contribution in [0.2, 0.25) is 0 Å². The van der Waals surface area contributed by atoms with Gasteiger partial charge in [0, 0.05) is 23.2 Å². The number of anilines is 1. The Morgan fingerprint density at radius 3 is 2.27 bits per heavy atom. The third kappa shape index (κ3) is 3.56. The summed E-state index contributed by atoms with van der Waals surface area (Å²) in [6.45, 7) is 3.98. The molecule has 4 heteroatoms. The fourth-order valence-corrected chi connectivity index (χ4v) is 4.43. The molecule has 1 aliphatic rings. The van der Waals surface area contributed by atoms with Crippen LogP contribution in [0.15, 0.2) is 97.6 Å². The van der Waals surface area contributed by atoms with Crippen molar-refractivity contribution >= 4 is 11.6 Å². The van der Waals surface area contributed by atoms with E-state index in [1.165, 1.54) is 0 Å². The summed E-state index contributed by atoms with van der Waals surface area (Å²) in [5.41, 5.74) is 2.68. The van der Waals surface area contributed by atoms with Crippen molar-refractivity contribution in [2.45, 2.75) is 23.9 Å². The van der Waals surface area contributed by atoms with Crippen LogP contribution >= 0.6 is 0 Å². The second kappa shape index (κ2) is 8.66. The molecule has 1 amide bonds. The lowest BCUT2D eigenvalue weighted by molar-refractivity contribution is -0.123. The minimum Gasteiger partial charge on any atom is -0.395 e. The van der Waals surface area contributed by atoms with Gasteiger partial charge < -0.3 is 10.4 Å². The predicted octanol–water partition coefficient (Wildman–Crippen LogP) is 4.00. The normalized spacial score (nSPS) is 19.6. The molecule has 30 heavy (non-hydrogen) atoms. The van der Waals surface area contributed by atoms with Gasteiger partial charge in [0.25, 0.3) is 0 Å². The van der Waals surface area contributed by atoms with Gasteiger partial charge in [0.1, 0.15) is 5.54 Å². The van der Waals surface area contributed by atoms with Crippen molar-refractivity contribution in [3.8, 4) is 0 Å². The van der Waals surface area contributed by atoms with Crippen LogP contribution in [0.3, 0.4) is 0 Å². The van der Waals surface area contributed by atoms with Gasteiger partial charge in [-0.2, -0.15) is 0 Å². The lowest BCUT2D eigenvalue weighted by atomic mass is 9.74. The first-order chi connectivity index (χ1) is 14.7. The number of rotatable bonds is 8. The smallest absolute Gasteiger partial charge is 0.250 e. The molecule has 3 aromatic rings. The van der Waals surface area contributed by atoms with Gasteiger partial charge in [-0.25, -0.2) is 0 Å². The molecule has 3 atom stereocenters. The Morgan fingerprint density at radius 2 is 1.60 bits per heavy atom. The zero-order valence-corrected chi connectivity index (χ0v) is 16.8. The van der Waals surface area contributed by atoms with E-state index in [1.54, 1.807) is 0 Å². The highest BCUT2D eigenvalue weighted by Crippen LogP contribution is 2.46. The van der Waals surface area contributed by atoms with Crippen molar-refractivity contribution in [1.82, 2.24) is 5.32 Å². The van der Waals surface area contributed by atoms with E-state index in [9.17, 15) is 9.90 Å². The molecule has 3 N–H and O–H groups in total. The summed E-state index contributed by atoms with van der Waals surface area (Å²) < 4.78 is 0. The second-order valence-electron chi connectivity index (χ2n) is 7.65. The molecule has 152 valence electrons. The van der Waals surface area contributed by atoms with Crippen LogP contribution in [-0.2, 0) is 16.8 Å². The van der Waals surface area contributed by atoms with E-state index in [1.807, 2.05) is 91.0 Å². The molecule has 0 aromatic heterocycles. The van der Waals surface area contributed by atoms with Crippen LogP contribution in [0, 0.1) is 0 Å². The highest BCUT2D eigenvalue weighted by Gasteiger charge is 2.52. The molecule has 1 aliphatic heterocycles. The molecular formula is C26H26N2O2. The molecule has 4 nitrogen and oxygen atoms in total. The van der Waals surface area contributed by atoms with Crippen molar-refractivity contribution in [3.05, 3.63) is 114 Å². The molecule has 0 fully saturated rings. The molecule has 0 unspecified atom stereocenters. The van der Waals surface area contributed by atoms with Crippen molar-refractivity contribution in [1.29, 1.82) is 0 Å². The molecule has 0 saturated heterocycles. The summed E-state index contributed by atoms with van der Waals surface area (Å²) in [5.74, 6) is -0.448. The number of hydrogen-bond acceptors (Lipinski definition) is 3. The van der Waals surface area contributed by atoms with Crippen LogP contribution < -0.4 is 10.6 Å². The number of fused-ring (bicyclic) bond motifs is 1. The zero-order chi connectivity index (χ0) is 21.0. The first-order valence-electron chi connectivity index (χ1n) is 10.2. The summed E-state index contributed by atoms with van der Waals surface area (Å²) >= 11 is 0. The van der Waals surface area contributed by atoms with Gasteiger partial charge in [-0.3, -0.25) is 10.1 Å². The van der Waals surface area contributed by atoms with Crippen LogP contribution in [0.1, 0.15) is 22.6 Å². The van der Waals surface area contributed by atoms with Gasteiger partial charge in [0.15, 0.2) is 0 Å². The summed E-state index contributed by atoms with van der Waals surface area (Å²) in [5, 5.41) is 16.8. The summed E-state index contributed by atoms with van der Waals surface area (Å²) in [6.07, 6.45) is 2.42. The molecule has 0 saturated carbocycles. The van der Waals surface area contributed by atoms with Crippen molar-refractivity contribution in [3.63, 3.8) is 0 Å². The number of carbonyl (C=O) groups excluding carboxylic acids is 1. The predicted molar refractivity (Wildman–Crippen MR) is 120 cm³/mol. The molecule has 0 bridgehead atoms. The van der Waals surface area contributed by atoms with Crippen LogP contribution in [0.4, 0.5) is 5.69 Å². The molecule has 0 spiro atoms. The molecule has 1 heterocycles. The minimum atomic E-state index is -1.07. The maximum Gasteiger partial charge on any atom is 0.250 e. The van der Waals surface area contributed by atoms with Crippen LogP contribution in [-0.4, -0.2) is 23.7 Å². The highest BCUT2D eigenvalue weighted by molar-refractivity contribution is 6.07. The van der Waals surface area contributed by atoms with E-state index < -0.39 is 5.54 Å². The number of hydrogen-bond donors (Lipinski definition) is 3. The Labute approximate surface area is 177 Å². The Balaban J connectivity index is 1.80. The Hall–Kier alpha value is -3.21. The fraction of sp³-hybridized carbons (Fsp3) is 0.192. The second-order valence-corrected chi connectivity index (χ2v) is 7.65. The molecular weight excluding hydrogens is 372 g/mol. The van der Waals surface area contributed by atoms with Crippen molar-refractivity contribution in [2.24, 2.45) is 0 Å². The van der Waals surface area contributed by atoms with Gasteiger partial charge in [0.05, 0.1) is 6.61 Å². The standard InChI is InChI=1S/C26H26N2O2/c1-2-22(20-13-7-4-8-14-20)26(23-15-9-10-16-24(23)27-25(26)30)28-21(18-29)17-19-11-5-3-6-12-19/h2-16,21-22,28-29H,1,17-18H2,(H,27,30)/t21-,22-,26-/m0/s1. The molecule has 4 rings (SSSR count). The first kappa shape index (κ1) is 20.1. The fourth-order valence-electron chi connectivity index (χ4n) is 4.43. The quantitative estimate of drug-likeness (QED) is 0.503. The minimum absolute atomic E-state index is 0.0925. The number of benzene rings is 3. The van der Waals surface area contributed by atoms with E-state index >= 15 is 0 Å². The summed E-state index contributed by atoms with van der Waals surface area (Å²) in [4.78, 5) is 13.5. The molecule has 0 radical (unpaired) electrons. The number of para-hydroxylation sites is 1. The SMILES string of the molecule is C=C[C@@H](c1ccccc1)[C@@]1(N[C@H](CO)Cc2ccccc2)C(=O)Nc2ccccc21. The van der Waals surface area contributed by atoms with Gasteiger partial charge >= 0.3 is 0 Å². The number of nitrogens with one attached hydrogen (secondary N) is 2. The number of aliphatic hydroxyl groups excluding tert-OH is 1. The van der Waals surface area contributed by atoms with E-state index in [4.69, 9.17) is 0 Å². The highest BCUT2D eigenvalue weighted by atomic mass is 16.3. The molecule has 0 aliphatic carbocycles. The maximum absolute atomic E-state index is 13.5. The first-order valence-corrected chi connectivity index (χ1v) is 10.2. The third-order valence-electron chi connectivity index (χ3n) is 5.80. The average molecular weight is 399 g/mol. The van der Waals surface area contributed by atoms with Crippen molar-refractivity contribution in [2.75, 3.05) is 11.9 Å². The maximum atomic E-state index is 13.5. The average Bonchev–Trinajstić information content (AvgIpc) is 3.07. The Bertz CT molecular complexity index is 1020. The molecule has 3 aromatic carbocycles. The summed E-state index contributed by atoms with van der Waals surface area (Å²) in [7, 11) is 0. The van der Waals surface area contributed by atoms with E-state index in [0.717, 1.165) is 22.4 Å². The van der Waals surface area contributed by atoms with Crippen molar-refractivity contribution < 1.29 is 9.90 Å².